The lowest BCUT2D eigenvalue weighted by atomic mass is 10.2. The van der Waals surface area contributed by atoms with Gasteiger partial charge in [-0.15, -0.1) is 11.3 Å². The quantitative estimate of drug-likeness (QED) is 0.733. The van der Waals surface area contributed by atoms with Gasteiger partial charge in [0.1, 0.15) is 4.70 Å². The van der Waals surface area contributed by atoms with Crippen molar-refractivity contribution in [3.63, 3.8) is 0 Å². The maximum atomic E-state index is 12.8. The third kappa shape index (κ3) is 2.37. The molecule has 1 atom stereocenters. The van der Waals surface area contributed by atoms with E-state index in [0.29, 0.717) is 15.2 Å². The van der Waals surface area contributed by atoms with Crippen molar-refractivity contribution in [2.45, 2.75) is 12.5 Å². The predicted octanol–water partition coefficient (Wildman–Crippen LogP) is 2.13. The molecule has 3 heterocycles. The molecule has 0 spiro atoms. The Morgan fingerprint density at radius 2 is 2.00 bits per heavy atom. The van der Waals surface area contributed by atoms with Gasteiger partial charge in [-0.25, -0.2) is 4.79 Å². The maximum absolute atomic E-state index is 12.8. The Bertz CT molecular complexity index is 1080. The van der Waals surface area contributed by atoms with Crippen LogP contribution in [0.5, 0.6) is 0 Å². The van der Waals surface area contributed by atoms with Crippen LogP contribution in [-0.2, 0) is 4.79 Å². The summed E-state index contributed by atoms with van der Waals surface area (Å²) >= 11 is 7.49. The topological polar surface area (TPSA) is 84.0 Å². The van der Waals surface area contributed by atoms with Crippen molar-refractivity contribution in [3.8, 4) is 10.4 Å². The molecule has 0 bridgehead atoms. The van der Waals surface area contributed by atoms with Crippen LogP contribution in [0.2, 0.25) is 5.02 Å². The number of aromatic nitrogens is 2. The second kappa shape index (κ2) is 5.61. The number of carbonyl (C=O) groups excluding carboxylic acids is 1. The highest BCUT2D eigenvalue weighted by atomic mass is 35.5. The number of benzene rings is 1. The van der Waals surface area contributed by atoms with Crippen LogP contribution in [0.4, 0.5) is 0 Å². The standard InChI is InChI=1S/C16H12ClN3O3S/c17-10-4-2-1-3-9(10)12-6-11-14(24-12)15(22)20(16(23)19-11)8-5-13(21)18-7-8/h1-4,6,8H,5,7H2,(H,18,21)(H,19,23)/t8-/m1/s1. The number of nitrogens with zero attached hydrogens (tertiary/aromatic N) is 1. The molecule has 1 aromatic carbocycles. The van der Waals surface area contributed by atoms with E-state index in [1.54, 1.807) is 12.1 Å². The van der Waals surface area contributed by atoms with Crippen LogP contribution < -0.4 is 16.6 Å². The fraction of sp³-hybridized carbons (Fsp3) is 0.188. The highest BCUT2D eigenvalue weighted by Crippen LogP contribution is 2.34. The fourth-order valence-electron chi connectivity index (χ4n) is 2.92. The monoisotopic (exact) mass is 361 g/mol. The van der Waals surface area contributed by atoms with Crippen molar-refractivity contribution in [1.29, 1.82) is 0 Å². The molecule has 1 amide bonds. The van der Waals surface area contributed by atoms with Crippen LogP contribution in [0.25, 0.3) is 20.7 Å². The van der Waals surface area contributed by atoms with Gasteiger partial charge in [0.25, 0.3) is 5.56 Å². The van der Waals surface area contributed by atoms with Crippen LogP contribution in [-0.4, -0.2) is 22.0 Å². The Kier molecular flexibility index (Phi) is 3.54. The average Bonchev–Trinajstić information content (AvgIpc) is 3.14. The smallest absolute Gasteiger partial charge is 0.329 e. The minimum atomic E-state index is -0.502. The van der Waals surface area contributed by atoms with Gasteiger partial charge in [-0.2, -0.15) is 0 Å². The number of aromatic amines is 1. The van der Waals surface area contributed by atoms with Gasteiger partial charge in [0, 0.05) is 28.4 Å². The summed E-state index contributed by atoms with van der Waals surface area (Å²) in [5, 5.41) is 3.22. The summed E-state index contributed by atoms with van der Waals surface area (Å²) in [6, 6.07) is 8.64. The largest absolute Gasteiger partial charge is 0.354 e. The minimum Gasteiger partial charge on any atom is -0.354 e. The SMILES string of the molecule is O=C1C[C@@H](n2c(=O)[nH]c3cc(-c4ccccc4Cl)sc3c2=O)CN1. The molecule has 6 nitrogen and oxygen atoms in total. The zero-order chi connectivity index (χ0) is 16.8. The summed E-state index contributed by atoms with van der Waals surface area (Å²) in [5.41, 5.74) is 0.416. The molecule has 1 fully saturated rings. The van der Waals surface area contributed by atoms with E-state index in [-0.39, 0.29) is 24.4 Å². The second-order valence-electron chi connectivity index (χ2n) is 5.60. The molecule has 0 saturated carbocycles. The number of carbonyl (C=O) groups is 1. The van der Waals surface area contributed by atoms with E-state index in [2.05, 4.69) is 10.3 Å². The number of halogens is 1. The molecule has 2 aromatic heterocycles. The van der Waals surface area contributed by atoms with Crippen molar-refractivity contribution < 1.29 is 4.79 Å². The molecule has 1 saturated heterocycles. The Balaban J connectivity index is 1.91. The average molecular weight is 362 g/mol. The molecule has 24 heavy (non-hydrogen) atoms. The molecule has 2 N–H and O–H groups in total. The molecule has 0 aliphatic carbocycles. The molecular formula is C16H12ClN3O3S. The summed E-state index contributed by atoms with van der Waals surface area (Å²) in [7, 11) is 0. The lowest BCUT2D eigenvalue weighted by molar-refractivity contribution is -0.119. The molecule has 3 aromatic rings. The molecule has 1 aliphatic rings. The summed E-state index contributed by atoms with van der Waals surface area (Å²) in [6.45, 7) is 0.288. The molecule has 4 rings (SSSR count). The number of thiophene rings is 1. The van der Waals surface area contributed by atoms with E-state index >= 15 is 0 Å². The lowest BCUT2D eigenvalue weighted by Crippen LogP contribution is -2.38. The van der Waals surface area contributed by atoms with E-state index in [9.17, 15) is 14.4 Å². The summed E-state index contributed by atoms with van der Waals surface area (Å²) in [4.78, 5) is 40.0. The Labute approximate surface area is 144 Å². The van der Waals surface area contributed by atoms with Crippen LogP contribution in [0.15, 0.2) is 39.9 Å². The third-order valence-corrected chi connectivity index (χ3v) is 5.55. The summed E-state index contributed by atoms with van der Waals surface area (Å²) < 4.78 is 1.58. The molecule has 8 heteroatoms. The van der Waals surface area contributed by atoms with Gasteiger partial charge in [0.2, 0.25) is 5.91 Å². The minimum absolute atomic E-state index is 0.136. The van der Waals surface area contributed by atoms with Crippen molar-refractivity contribution in [1.82, 2.24) is 14.9 Å². The lowest BCUT2D eigenvalue weighted by Gasteiger charge is -2.09. The van der Waals surface area contributed by atoms with Gasteiger partial charge >= 0.3 is 5.69 Å². The second-order valence-corrected chi connectivity index (χ2v) is 7.06. The highest BCUT2D eigenvalue weighted by molar-refractivity contribution is 7.22. The summed E-state index contributed by atoms with van der Waals surface area (Å²) in [5.74, 6) is -0.158. The van der Waals surface area contributed by atoms with Gasteiger partial charge in [0.05, 0.1) is 11.6 Å². The van der Waals surface area contributed by atoms with Crippen molar-refractivity contribution in [2.24, 2.45) is 0 Å². The fourth-order valence-corrected chi connectivity index (χ4v) is 4.30. The zero-order valence-corrected chi connectivity index (χ0v) is 13.9. The highest BCUT2D eigenvalue weighted by Gasteiger charge is 2.26. The normalized spacial score (nSPS) is 17.4. The molecule has 0 unspecified atom stereocenters. The molecule has 122 valence electrons. The number of rotatable bonds is 2. The number of H-pyrrole nitrogens is 1. The van der Waals surface area contributed by atoms with Crippen LogP contribution in [0.1, 0.15) is 12.5 Å². The van der Waals surface area contributed by atoms with Crippen molar-refractivity contribution in [2.75, 3.05) is 6.54 Å². The van der Waals surface area contributed by atoms with Gasteiger partial charge in [-0.3, -0.25) is 14.2 Å². The first-order valence-corrected chi connectivity index (χ1v) is 8.54. The Hall–Kier alpha value is -2.38. The van der Waals surface area contributed by atoms with Crippen LogP contribution in [0.3, 0.4) is 0 Å². The van der Waals surface area contributed by atoms with E-state index in [0.717, 1.165) is 15.0 Å². The molecule has 1 aliphatic heterocycles. The van der Waals surface area contributed by atoms with Gasteiger partial charge < -0.3 is 10.3 Å². The van der Waals surface area contributed by atoms with Crippen molar-refractivity contribution >= 4 is 39.1 Å². The summed E-state index contributed by atoms with van der Waals surface area (Å²) in [6.07, 6.45) is 0.136. The third-order valence-electron chi connectivity index (χ3n) is 4.07. The van der Waals surface area contributed by atoms with Crippen LogP contribution >= 0.6 is 22.9 Å². The molecule has 0 radical (unpaired) electrons. The number of amides is 1. The first kappa shape index (κ1) is 15.2. The first-order valence-electron chi connectivity index (χ1n) is 7.34. The van der Waals surface area contributed by atoms with E-state index < -0.39 is 11.7 Å². The van der Waals surface area contributed by atoms with Gasteiger partial charge in [0.15, 0.2) is 0 Å². The predicted molar refractivity (Wildman–Crippen MR) is 93.8 cm³/mol. The van der Waals surface area contributed by atoms with Gasteiger partial charge in [-0.1, -0.05) is 29.8 Å². The van der Waals surface area contributed by atoms with E-state index in [4.69, 9.17) is 11.6 Å². The maximum Gasteiger partial charge on any atom is 0.329 e. The van der Waals surface area contributed by atoms with E-state index in [1.807, 2.05) is 18.2 Å². The number of hydrogen-bond acceptors (Lipinski definition) is 4. The first-order chi connectivity index (χ1) is 11.5. The molecular weight excluding hydrogens is 350 g/mol. The Morgan fingerprint density at radius 1 is 1.21 bits per heavy atom. The number of hydrogen-bond donors (Lipinski definition) is 2. The number of nitrogens with one attached hydrogen (secondary N) is 2. The zero-order valence-electron chi connectivity index (χ0n) is 12.3. The Morgan fingerprint density at radius 3 is 2.71 bits per heavy atom. The van der Waals surface area contributed by atoms with Crippen LogP contribution in [0, 0.1) is 0 Å². The van der Waals surface area contributed by atoms with Gasteiger partial charge in [-0.05, 0) is 12.1 Å². The van der Waals surface area contributed by atoms with E-state index in [1.165, 1.54) is 11.3 Å². The van der Waals surface area contributed by atoms with Crippen molar-refractivity contribution in [3.05, 3.63) is 56.2 Å². The number of fused-ring (bicyclic) bond motifs is 1.